The molecule has 0 spiro atoms. The Balaban J connectivity index is 1.84. The number of hydrogen-bond donors (Lipinski definition) is 1. The van der Waals surface area contributed by atoms with E-state index in [-0.39, 0.29) is 31.2 Å². The maximum Gasteiger partial charge on any atom is 0.418 e. The summed E-state index contributed by atoms with van der Waals surface area (Å²) in [5.41, 5.74) is -0.989. The van der Waals surface area contributed by atoms with Gasteiger partial charge in [0.05, 0.1) is 10.5 Å². The van der Waals surface area contributed by atoms with Gasteiger partial charge in [-0.25, -0.2) is 17.9 Å². The number of rotatable bonds is 3. The predicted molar refractivity (Wildman–Crippen MR) is 102 cm³/mol. The van der Waals surface area contributed by atoms with Gasteiger partial charge in [-0.1, -0.05) is 0 Å². The lowest BCUT2D eigenvalue weighted by molar-refractivity contribution is -0.137. The molecule has 2 aromatic carbocycles. The van der Waals surface area contributed by atoms with Crippen molar-refractivity contribution in [1.82, 2.24) is 4.90 Å². The number of halogens is 4. The summed E-state index contributed by atoms with van der Waals surface area (Å²) in [6.07, 6.45) is -4.38. The van der Waals surface area contributed by atoms with Crippen molar-refractivity contribution in [3.05, 3.63) is 59.4 Å². The largest absolute Gasteiger partial charge is 0.418 e. The molecule has 0 unspecified atom stereocenters. The summed E-state index contributed by atoms with van der Waals surface area (Å²) in [5.74, 6) is -0.811. The van der Waals surface area contributed by atoms with Crippen LogP contribution in [0.2, 0.25) is 0 Å². The first kappa shape index (κ1) is 22.0. The van der Waals surface area contributed by atoms with Gasteiger partial charge in [0.1, 0.15) is 5.82 Å². The van der Waals surface area contributed by atoms with E-state index in [0.29, 0.717) is 24.6 Å². The van der Waals surface area contributed by atoms with Crippen LogP contribution in [0.25, 0.3) is 0 Å². The summed E-state index contributed by atoms with van der Waals surface area (Å²) in [6, 6.07) is 7.69. The lowest BCUT2D eigenvalue weighted by Crippen LogP contribution is -2.35. The molecule has 1 aliphatic rings. The summed E-state index contributed by atoms with van der Waals surface area (Å²) in [4.78, 5) is 15.0. The fraction of sp³-hybridized carbons (Fsp3) is 0.316. The van der Waals surface area contributed by atoms with E-state index in [0.717, 1.165) is 12.1 Å². The van der Waals surface area contributed by atoms with Crippen molar-refractivity contribution in [2.24, 2.45) is 5.14 Å². The zero-order valence-electron chi connectivity index (χ0n) is 15.7. The Morgan fingerprint density at radius 3 is 2.23 bits per heavy atom. The highest BCUT2D eigenvalue weighted by molar-refractivity contribution is 7.89. The number of carbonyl (C=O) groups is 1. The SMILES string of the molecule is NS(=O)(=O)c1ccc(N2CCCN(C(=O)c3ccc(F)cc3)CC2)c(C(F)(F)F)c1. The fourth-order valence-corrected chi connectivity index (χ4v) is 3.87. The minimum atomic E-state index is -4.79. The molecular formula is C19H19F4N3O3S. The second kappa shape index (κ2) is 8.23. The molecule has 6 nitrogen and oxygen atoms in total. The molecule has 30 heavy (non-hydrogen) atoms. The van der Waals surface area contributed by atoms with Gasteiger partial charge in [0.15, 0.2) is 0 Å². The van der Waals surface area contributed by atoms with Crippen LogP contribution in [0.4, 0.5) is 23.2 Å². The Kier molecular flexibility index (Phi) is 6.04. The zero-order chi connectivity index (χ0) is 22.1. The number of benzene rings is 2. The van der Waals surface area contributed by atoms with Gasteiger partial charge in [0.2, 0.25) is 10.0 Å². The topological polar surface area (TPSA) is 83.7 Å². The number of alkyl halides is 3. The Labute approximate surface area is 170 Å². The van der Waals surface area contributed by atoms with Crippen molar-refractivity contribution in [1.29, 1.82) is 0 Å². The number of nitrogens with zero attached hydrogens (tertiary/aromatic N) is 2. The van der Waals surface area contributed by atoms with Crippen LogP contribution in [-0.4, -0.2) is 45.4 Å². The van der Waals surface area contributed by atoms with E-state index in [1.165, 1.54) is 34.1 Å². The van der Waals surface area contributed by atoms with E-state index in [1.54, 1.807) is 0 Å². The van der Waals surface area contributed by atoms with E-state index in [9.17, 15) is 30.8 Å². The lowest BCUT2D eigenvalue weighted by atomic mass is 10.1. The molecule has 1 amide bonds. The second-order valence-corrected chi connectivity index (χ2v) is 8.42. The molecule has 1 heterocycles. The van der Waals surface area contributed by atoms with Crippen molar-refractivity contribution >= 4 is 21.6 Å². The molecule has 2 aromatic rings. The first-order valence-electron chi connectivity index (χ1n) is 9.00. The minimum absolute atomic E-state index is 0.116. The Hall–Kier alpha value is -2.66. The van der Waals surface area contributed by atoms with Crippen LogP contribution >= 0.6 is 0 Å². The van der Waals surface area contributed by atoms with Crippen LogP contribution in [0.1, 0.15) is 22.3 Å². The first-order valence-corrected chi connectivity index (χ1v) is 10.6. The van der Waals surface area contributed by atoms with E-state index in [1.807, 2.05) is 0 Å². The van der Waals surface area contributed by atoms with Crippen molar-refractivity contribution in [3.63, 3.8) is 0 Å². The van der Waals surface area contributed by atoms with Crippen LogP contribution in [0.15, 0.2) is 47.4 Å². The van der Waals surface area contributed by atoms with Gasteiger partial charge >= 0.3 is 6.18 Å². The molecule has 0 radical (unpaired) electrons. The van der Waals surface area contributed by atoms with Gasteiger partial charge in [-0.05, 0) is 48.9 Å². The first-order chi connectivity index (χ1) is 14.0. The van der Waals surface area contributed by atoms with E-state index >= 15 is 0 Å². The van der Waals surface area contributed by atoms with Crippen LogP contribution in [0.3, 0.4) is 0 Å². The van der Waals surface area contributed by atoms with Crippen LogP contribution in [0, 0.1) is 5.82 Å². The molecule has 162 valence electrons. The molecule has 11 heteroatoms. The highest BCUT2D eigenvalue weighted by atomic mass is 32.2. The van der Waals surface area contributed by atoms with Crippen molar-refractivity contribution in [3.8, 4) is 0 Å². The Bertz CT molecular complexity index is 1040. The van der Waals surface area contributed by atoms with Crippen LogP contribution in [0.5, 0.6) is 0 Å². The average molecular weight is 445 g/mol. The van der Waals surface area contributed by atoms with Gasteiger partial charge in [-0.3, -0.25) is 4.79 Å². The van der Waals surface area contributed by atoms with E-state index in [4.69, 9.17) is 5.14 Å². The quantitative estimate of drug-likeness (QED) is 0.737. The smallest absolute Gasteiger partial charge is 0.369 e. The third kappa shape index (κ3) is 4.90. The zero-order valence-corrected chi connectivity index (χ0v) is 16.5. The summed E-state index contributed by atoms with van der Waals surface area (Å²) in [5, 5.41) is 4.96. The number of carbonyl (C=O) groups excluding carboxylic acids is 1. The summed E-state index contributed by atoms with van der Waals surface area (Å²) >= 11 is 0. The molecule has 3 rings (SSSR count). The van der Waals surface area contributed by atoms with Crippen LogP contribution < -0.4 is 10.0 Å². The number of nitrogens with two attached hydrogens (primary N) is 1. The highest BCUT2D eigenvalue weighted by Gasteiger charge is 2.36. The molecule has 0 bridgehead atoms. The lowest BCUT2D eigenvalue weighted by Gasteiger charge is -2.27. The van der Waals surface area contributed by atoms with Crippen molar-refractivity contribution in [2.45, 2.75) is 17.5 Å². The average Bonchev–Trinajstić information content (AvgIpc) is 2.92. The van der Waals surface area contributed by atoms with Gasteiger partial charge in [0, 0.05) is 37.4 Å². The number of sulfonamides is 1. The van der Waals surface area contributed by atoms with Crippen LogP contribution in [-0.2, 0) is 16.2 Å². The minimum Gasteiger partial charge on any atom is -0.369 e. The summed E-state index contributed by atoms with van der Waals surface area (Å²) in [6.45, 7) is 0.837. The molecule has 0 atom stereocenters. The standard InChI is InChI=1S/C19H19F4N3O3S/c20-14-4-2-13(3-5-14)18(27)26-9-1-8-25(10-11-26)17-7-6-15(30(24,28)29)12-16(17)19(21,22)23/h2-7,12H,1,8-11H2,(H2,24,28,29). The predicted octanol–water partition coefficient (Wildman–Crippen LogP) is 2.84. The van der Waals surface area contributed by atoms with Gasteiger partial charge in [0.25, 0.3) is 5.91 Å². The Morgan fingerprint density at radius 1 is 0.967 bits per heavy atom. The third-order valence-electron chi connectivity index (χ3n) is 4.82. The molecule has 1 aliphatic heterocycles. The summed E-state index contributed by atoms with van der Waals surface area (Å²) in [7, 11) is -4.29. The van der Waals surface area contributed by atoms with Gasteiger partial charge in [-0.15, -0.1) is 0 Å². The number of primary sulfonamides is 1. The monoisotopic (exact) mass is 445 g/mol. The molecule has 0 aromatic heterocycles. The van der Waals surface area contributed by atoms with E-state index in [2.05, 4.69) is 0 Å². The molecule has 0 aliphatic carbocycles. The molecule has 0 saturated carbocycles. The van der Waals surface area contributed by atoms with Crippen molar-refractivity contribution < 1.29 is 30.8 Å². The van der Waals surface area contributed by atoms with Gasteiger partial charge < -0.3 is 9.80 Å². The highest BCUT2D eigenvalue weighted by Crippen LogP contribution is 2.38. The second-order valence-electron chi connectivity index (χ2n) is 6.86. The third-order valence-corrected chi connectivity index (χ3v) is 5.73. The number of amides is 1. The van der Waals surface area contributed by atoms with E-state index < -0.39 is 32.5 Å². The van der Waals surface area contributed by atoms with Gasteiger partial charge in [-0.2, -0.15) is 13.2 Å². The molecule has 1 saturated heterocycles. The molecular weight excluding hydrogens is 426 g/mol. The normalized spacial score (nSPS) is 15.8. The fourth-order valence-electron chi connectivity index (χ4n) is 3.33. The van der Waals surface area contributed by atoms with Crippen molar-refractivity contribution in [2.75, 3.05) is 31.1 Å². The maximum atomic E-state index is 13.6. The maximum absolute atomic E-state index is 13.6. The molecule has 2 N–H and O–H groups in total. The Morgan fingerprint density at radius 2 is 1.63 bits per heavy atom. The number of anilines is 1. The summed E-state index contributed by atoms with van der Waals surface area (Å²) < 4.78 is 76.7. The molecule has 1 fully saturated rings. The number of hydrogen-bond acceptors (Lipinski definition) is 4.